The molecule has 0 saturated carbocycles. The molecule has 0 radical (unpaired) electrons. The molecule has 0 aromatic heterocycles. The molecule has 5 nitrogen and oxygen atoms in total. The van der Waals surface area contributed by atoms with E-state index in [1.807, 2.05) is 50.2 Å². The highest BCUT2D eigenvalue weighted by atomic mass is 35.5. The molecule has 1 N–H and O–H groups in total. The predicted octanol–water partition coefficient (Wildman–Crippen LogP) is 6.36. The molecule has 2 aromatic rings. The van der Waals surface area contributed by atoms with Crippen molar-refractivity contribution in [2.45, 2.75) is 47.5 Å². The fourth-order valence-electron chi connectivity index (χ4n) is 2.98. The molecule has 0 heterocycles. The lowest BCUT2D eigenvalue weighted by molar-refractivity contribution is -0.137. The quantitative estimate of drug-likeness (QED) is 0.255. The third-order valence-corrected chi connectivity index (χ3v) is 5.36. The van der Waals surface area contributed by atoms with Crippen LogP contribution in [0.1, 0.15) is 50.3 Å². The highest BCUT2D eigenvalue weighted by Crippen LogP contribution is 2.27. The number of carbonyl (C=O) groups is 2. The van der Waals surface area contributed by atoms with Crippen molar-refractivity contribution in [3.05, 3.63) is 64.2 Å². The Bertz CT molecular complexity index is 982. The monoisotopic (exact) mass is 457 g/mol. The zero-order valence-electron chi connectivity index (χ0n) is 19.5. The first-order valence-corrected chi connectivity index (χ1v) is 11.1. The molecule has 0 amide bonds. The van der Waals surface area contributed by atoms with Crippen LogP contribution < -0.4 is 10.1 Å². The van der Waals surface area contributed by atoms with Crippen LogP contribution in [0.4, 0.5) is 5.69 Å². The number of esters is 2. The van der Waals surface area contributed by atoms with Gasteiger partial charge in [-0.3, -0.25) is 4.79 Å². The van der Waals surface area contributed by atoms with Crippen LogP contribution in [0.3, 0.4) is 0 Å². The number of anilines is 1. The molecule has 172 valence electrons. The Labute approximate surface area is 195 Å². The van der Waals surface area contributed by atoms with Gasteiger partial charge in [-0.25, -0.2) is 4.79 Å². The molecule has 0 bridgehead atoms. The summed E-state index contributed by atoms with van der Waals surface area (Å²) in [6.07, 6.45) is 4.01. The third kappa shape index (κ3) is 8.39. The van der Waals surface area contributed by atoms with Crippen molar-refractivity contribution in [2.75, 3.05) is 18.5 Å². The van der Waals surface area contributed by atoms with Gasteiger partial charge in [0, 0.05) is 29.8 Å². The zero-order chi connectivity index (χ0) is 23.7. The molecule has 0 spiro atoms. The molecular formula is C26H32ClNO4. The second kappa shape index (κ2) is 11.7. The standard InChI is InChI=1S/C26H32ClNO4/c1-6-31-24(29)12-10-20-9-11-21(16-22(20)27)28-17-26(4,5)14-13-25(30)32-23-15-18(2)7-8-19(23)3/h7-12,15-16,28H,6,13-14,17H2,1-5H3. The van der Waals surface area contributed by atoms with Crippen LogP contribution in [0.15, 0.2) is 42.5 Å². The highest BCUT2D eigenvalue weighted by molar-refractivity contribution is 6.32. The van der Waals surface area contributed by atoms with Gasteiger partial charge < -0.3 is 14.8 Å². The summed E-state index contributed by atoms with van der Waals surface area (Å²) in [4.78, 5) is 23.8. The van der Waals surface area contributed by atoms with Gasteiger partial charge in [-0.2, -0.15) is 0 Å². The minimum Gasteiger partial charge on any atom is -0.463 e. The molecule has 0 aliphatic heterocycles. The van der Waals surface area contributed by atoms with Crippen LogP contribution in [-0.4, -0.2) is 25.1 Å². The summed E-state index contributed by atoms with van der Waals surface area (Å²) in [5, 5.41) is 3.91. The molecule has 0 unspecified atom stereocenters. The van der Waals surface area contributed by atoms with Gasteiger partial charge in [0.1, 0.15) is 5.75 Å². The molecule has 0 fully saturated rings. The van der Waals surface area contributed by atoms with Crippen molar-refractivity contribution in [3.8, 4) is 5.75 Å². The van der Waals surface area contributed by atoms with Gasteiger partial charge in [0.05, 0.1) is 6.61 Å². The minimum atomic E-state index is -0.399. The summed E-state index contributed by atoms with van der Waals surface area (Å²) in [6, 6.07) is 11.4. The molecule has 0 aliphatic rings. The van der Waals surface area contributed by atoms with Gasteiger partial charge in [0.15, 0.2) is 0 Å². The minimum absolute atomic E-state index is 0.129. The van der Waals surface area contributed by atoms with Crippen LogP contribution in [0.5, 0.6) is 5.75 Å². The average Bonchev–Trinajstić information content (AvgIpc) is 2.73. The van der Waals surface area contributed by atoms with E-state index in [0.29, 0.717) is 36.8 Å². The van der Waals surface area contributed by atoms with Gasteiger partial charge in [-0.15, -0.1) is 0 Å². The summed E-state index contributed by atoms with van der Waals surface area (Å²) in [7, 11) is 0. The first-order chi connectivity index (χ1) is 15.1. The third-order valence-electron chi connectivity index (χ3n) is 5.03. The molecule has 0 saturated heterocycles. The molecule has 6 heteroatoms. The fourth-order valence-corrected chi connectivity index (χ4v) is 3.23. The summed E-state index contributed by atoms with van der Waals surface area (Å²) in [5.74, 6) is -0.00571. The van der Waals surface area contributed by atoms with Crippen molar-refractivity contribution in [1.29, 1.82) is 0 Å². The Morgan fingerprint density at radius 3 is 2.56 bits per heavy atom. The first-order valence-electron chi connectivity index (χ1n) is 10.8. The van der Waals surface area contributed by atoms with Gasteiger partial charge in [-0.05, 0) is 73.6 Å². The number of rotatable bonds is 10. The van der Waals surface area contributed by atoms with E-state index in [0.717, 1.165) is 22.4 Å². The van der Waals surface area contributed by atoms with Crippen molar-refractivity contribution < 1.29 is 19.1 Å². The second-order valence-electron chi connectivity index (χ2n) is 8.58. The number of hydrogen-bond donors (Lipinski definition) is 1. The summed E-state index contributed by atoms with van der Waals surface area (Å²) >= 11 is 6.34. The predicted molar refractivity (Wildman–Crippen MR) is 130 cm³/mol. The maximum atomic E-state index is 12.3. The van der Waals surface area contributed by atoms with Crippen LogP contribution in [0.25, 0.3) is 6.08 Å². The Hall–Kier alpha value is -2.79. The van der Waals surface area contributed by atoms with Crippen molar-refractivity contribution in [3.63, 3.8) is 0 Å². The number of aryl methyl sites for hydroxylation is 2. The maximum Gasteiger partial charge on any atom is 0.330 e. The summed E-state index contributed by atoms with van der Waals surface area (Å²) in [6.45, 7) is 10.9. The smallest absolute Gasteiger partial charge is 0.330 e. The number of carbonyl (C=O) groups excluding carboxylic acids is 2. The lowest BCUT2D eigenvalue weighted by Crippen LogP contribution is -2.25. The van der Waals surface area contributed by atoms with E-state index in [1.165, 1.54) is 6.08 Å². The van der Waals surface area contributed by atoms with E-state index in [2.05, 4.69) is 19.2 Å². The van der Waals surface area contributed by atoms with Gasteiger partial charge in [0.25, 0.3) is 0 Å². The van der Waals surface area contributed by atoms with Crippen molar-refractivity contribution >= 4 is 35.3 Å². The van der Waals surface area contributed by atoms with Crippen LogP contribution in [-0.2, 0) is 14.3 Å². The number of hydrogen-bond acceptors (Lipinski definition) is 5. The van der Waals surface area contributed by atoms with Gasteiger partial charge in [0.2, 0.25) is 0 Å². The number of nitrogens with one attached hydrogen (secondary N) is 1. The summed E-state index contributed by atoms with van der Waals surface area (Å²) < 4.78 is 10.4. The average molecular weight is 458 g/mol. The Kier molecular flexibility index (Phi) is 9.33. The maximum absolute atomic E-state index is 12.3. The number of halogens is 1. The van der Waals surface area contributed by atoms with E-state index < -0.39 is 5.97 Å². The van der Waals surface area contributed by atoms with Crippen LogP contribution in [0, 0.1) is 19.3 Å². The molecule has 2 rings (SSSR count). The van der Waals surface area contributed by atoms with E-state index >= 15 is 0 Å². The van der Waals surface area contributed by atoms with Gasteiger partial charge >= 0.3 is 11.9 Å². The molecule has 32 heavy (non-hydrogen) atoms. The van der Waals surface area contributed by atoms with E-state index in [-0.39, 0.29) is 11.4 Å². The Morgan fingerprint density at radius 1 is 1.12 bits per heavy atom. The topological polar surface area (TPSA) is 64.6 Å². The van der Waals surface area contributed by atoms with E-state index in [9.17, 15) is 9.59 Å². The van der Waals surface area contributed by atoms with Crippen molar-refractivity contribution in [2.24, 2.45) is 5.41 Å². The van der Waals surface area contributed by atoms with Crippen LogP contribution in [0.2, 0.25) is 5.02 Å². The Balaban J connectivity index is 1.86. The summed E-state index contributed by atoms with van der Waals surface area (Å²) in [5.41, 5.74) is 3.48. The van der Waals surface area contributed by atoms with Crippen LogP contribution >= 0.6 is 11.6 Å². The number of ether oxygens (including phenoxy) is 2. The van der Waals surface area contributed by atoms with Crippen molar-refractivity contribution in [1.82, 2.24) is 0 Å². The highest BCUT2D eigenvalue weighted by Gasteiger charge is 2.20. The largest absolute Gasteiger partial charge is 0.463 e. The second-order valence-corrected chi connectivity index (χ2v) is 8.99. The molecular weight excluding hydrogens is 426 g/mol. The lowest BCUT2D eigenvalue weighted by atomic mass is 9.87. The number of benzene rings is 2. The molecule has 2 aromatic carbocycles. The molecule has 0 atom stereocenters. The molecule has 0 aliphatic carbocycles. The zero-order valence-corrected chi connectivity index (χ0v) is 20.2. The SMILES string of the molecule is CCOC(=O)C=Cc1ccc(NCC(C)(C)CCC(=O)Oc2cc(C)ccc2C)cc1Cl. The fraction of sp³-hybridized carbons (Fsp3) is 0.385. The van der Waals surface area contributed by atoms with E-state index in [4.69, 9.17) is 21.1 Å². The first kappa shape index (κ1) is 25.5. The normalized spacial score (nSPS) is 11.4. The van der Waals surface area contributed by atoms with Gasteiger partial charge in [-0.1, -0.05) is 43.6 Å². The van der Waals surface area contributed by atoms with E-state index in [1.54, 1.807) is 13.0 Å². The Morgan fingerprint density at radius 2 is 1.88 bits per heavy atom. The lowest BCUT2D eigenvalue weighted by Gasteiger charge is -2.25.